The normalized spacial score (nSPS) is 17.1. The van der Waals surface area contributed by atoms with Crippen molar-refractivity contribution in [3.05, 3.63) is 59.3 Å². The fourth-order valence-corrected chi connectivity index (χ4v) is 3.62. The minimum atomic E-state index is -2.75. The van der Waals surface area contributed by atoms with E-state index in [1.54, 1.807) is 25.1 Å². The van der Waals surface area contributed by atoms with Crippen LogP contribution in [0.1, 0.15) is 40.6 Å². The van der Waals surface area contributed by atoms with E-state index in [1.165, 1.54) is 21.8 Å². The Morgan fingerprint density at radius 2 is 2.03 bits per heavy atom. The molecule has 4 rings (SSSR count). The van der Waals surface area contributed by atoms with Gasteiger partial charge in [-0.15, -0.1) is 5.10 Å². The van der Waals surface area contributed by atoms with E-state index in [0.717, 1.165) is 12.1 Å². The maximum Gasteiger partial charge on any atom is 0.291 e. The van der Waals surface area contributed by atoms with Gasteiger partial charge in [-0.3, -0.25) is 4.79 Å². The van der Waals surface area contributed by atoms with Gasteiger partial charge in [-0.25, -0.2) is 31.9 Å². The van der Waals surface area contributed by atoms with Gasteiger partial charge in [-0.2, -0.15) is 5.10 Å². The van der Waals surface area contributed by atoms with E-state index in [2.05, 4.69) is 20.5 Å². The molecule has 186 valence electrons. The molecule has 1 fully saturated rings. The van der Waals surface area contributed by atoms with Crippen molar-refractivity contribution in [1.29, 1.82) is 0 Å². The second kappa shape index (κ2) is 9.47. The van der Waals surface area contributed by atoms with Crippen LogP contribution in [0.4, 0.5) is 23.4 Å². The largest absolute Gasteiger partial charge is 0.363 e. The van der Waals surface area contributed by atoms with Gasteiger partial charge in [0.05, 0.1) is 24.2 Å². The number of carbonyl (C=O) groups is 2. The summed E-state index contributed by atoms with van der Waals surface area (Å²) in [5.74, 6) is -5.46. The summed E-state index contributed by atoms with van der Waals surface area (Å²) in [5, 5.41) is 10.8. The molecule has 0 spiro atoms. The summed E-state index contributed by atoms with van der Waals surface area (Å²) in [6, 6.07) is 3.81. The zero-order valence-corrected chi connectivity index (χ0v) is 19.0. The van der Waals surface area contributed by atoms with Gasteiger partial charge >= 0.3 is 0 Å². The third-order valence-corrected chi connectivity index (χ3v) is 5.64. The Kier molecular flexibility index (Phi) is 6.59. The Morgan fingerprint density at radius 3 is 2.66 bits per heavy atom. The fraction of sp³-hybridized carbons (Fsp3) is 0.409. The van der Waals surface area contributed by atoms with E-state index < -0.39 is 35.4 Å². The predicted molar refractivity (Wildman–Crippen MR) is 116 cm³/mol. The van der Waals surface area contributed by atoms with Crippen LogP contribution in [0.15, 0.2) is 30.6 Å². The molecule has 2 unspecified atom stereocenters. The molecule has 0 radical (unpaired) electrons. The molecule has 1 aromatic carbocycles. The molecule has 0 aliphatic heterocycles. The Labute approximate surface area is 197 Å². The summed E-state index contributed by atoms with van der Waals surface area (Å²) in [4.78, 5) is 29.7. The third kappa shape index (κ3) is 5.49. The van der Waals surface area contributed by atoms with Crippen LogP contribution in [0.3, 0.4) is 0 Å². The van der Waals surface area contributed by atoms with Crippen LogP contribution < -0.4 is 10.2 Å². The first-order valence-electron chi connectivity index (χ1n) is 10.8. The molecule has 2 heterocycles. The lowest BCUT2D eigenvalue weighted by molar-refractivity contribution is -0.109. The second-order valence-corrected chi connectivity index (χ2v) is 8.57. The molecule has 1 amide bonds. The van der Waals surface area contributed by atoms with E-state index in [9.17, 15) is 27.2 Å². The number of alkyl halides is 2. The van der Waals surface area contributed by atoms with E-state index in [4.69, 9.17) is 0 Å². The predicted octanol–water partition coefficient (Wildman–Crippen LogP) is 2.38. The average molecular weight is 493 g/mol. The van der Waals surface area contributed by atoms with Crippen molar-refractivity contribution < 1.29 is 27.2 Å². The van der Waals surface area contributed by atoms with Crippen molar-refractivity contribution >= 4 is 18.0 Å². The molecular formula is C22H23F4N7O2. The van der Waals surface area contributed by atoms with Gasteiger partial charge in [0.1, 0.15) is 30.1 Å². The van der Waals surface area contributed by atoms with Crippen LogP contribution in [-0.2, 0) is 17.9 Å². The minimum absolute atomic E-state index is 0.0709. The molecule has 1 aliphatic carbocycles. The van der Waals surface area contributed by atoms with Gasteiger partial charge < -0.3 is 15.0 Å². The van der Waals surface area contributed by atoms with Crippen LogP contribution >= 0.6 is 0 Å². The monoisotopic (exact) mass is 493 g/mol. The number of aldehydes is 1. The number of aryl methyl sites for hydroxylation is 1. The van der Waals surface area contributed by atoms with Crippen molar-refractivity contribution in [1.82, 2.24) is 29.9 Å². The van der Waals surface area contributed by atoms with Gasteiger partial charge in [0.25, 0.3) is 11.8 Å². The van der Waals surface area contributed by atoms with Crippen LogP contribution in [-0.4, -0.2) is 62.8 Å². The first-order valence-corrected chi connectivity index (χ1v) is 10.8. The fourth-order valence-electron chi connectivity index (χ4n) is 3.62. The maximum atomic E-state index is 13.8. The zero-order chi connectivity index (χ0) is 25.3. The summed E-state index contributed by atoms with van der Waals surface area (Å²) >= 11 is 0. The van der Waals surface area contributed by atoms with Gasteiger partial charge in [0, 0.05) is 44.8 Å². The number of hydrogen-bond donors (Lipinski definition) is 1. The standard InChI is InChI=1S/C22H23F4N7O2/c1-31(2)19-8-18(16-9-22(16,25)26)29-33(19)6-5-15(11-34)28-21(35)20-27-12-32(30-20)10-13-3-4-14(23)7-17(13)24/h3-4,7-8,11-12,15-16H,5-6,9-10H2,1-2H3,(H,28,35). The molecule has 35 heavy (non-hydrogen) atoms. The molecule has 2 aromatic heterocycles. The Morgan fingerprint density at radius 1 is 1.29 bits per heavy atom. The summed E-state index contributed by atoms with van der Waals surface area (Å²) < 4.78 is 56.5. The quantitative estimate of drug-likeness (QED) is 0.344. The highest BCUT2D eigenvalue weighted by atomic mass is 19.3. The lowest BCUT2D eigenvalue weighted by Crippen LogP contribution is -2.37. The van der Waals surface area contributed by atoms with E-state index in [0.29, 0.717) is 12.1 Å². The molecule has 1 N–H and O–H groups in total. The molecule has 2 atom stereocenters. The molecule has 1 aliphatic rings. The lowest BCUT2D eigenvalue weighted by atomic mass is 10.2. The number of anilines is 1. The number of rotatable bonds is 10. The van der Waals surface area contributed by atoms with Crippen molar-refractivity contribution in [2.24, 2.45) is 0 Å². The van der Waals surface area contributed by atoms with Crippen LogP contribution in [0.5, 0.6) is 0 Å². The summed E-state index contributed by atoms with van der Waals surface area (Å²) in [6.07, 6.45) is 1.69. The summed E-state index contributed by atoms with van der Waals surface area (Å²) in [6.45, 7) is 0.125. The number of amides is 1. The van der Waals surface area contributed by atoms with E-state index >= 15 is 0 Å². The molecular weight excluding hydrogens is 470 g/mol. The highest BCUT2D eigenvalue weighted by molar-refractivity contribution is 5.92. The first kappa shape index (κ1) is 24.4. The van der Waals surface area contributed by atoms with Crippen LogP contribution in [0.25, 0.3) is 0 Å². The number of nitrogens with one attached hydrogen (secondary N) is 1. The molecule has 13 heteroatoms. The van der Waals surface area contributed by atoms with Gasteiger partial charge in [-0.1, -0.05) is 6.07 Å². The Balaban J connectivity index is 1.37. The number of aromatic nitrogens is 5. The van der Waals surface area contributed by atoms with Gasteiger partial charge in [0.2, 0.25) is 5.82 Å². The zero-order valence-electron chi connectivity index (χ0n) is 19.0. The smallest absolute Gasteiger partial charge is 0.291 e. The third-order valence-electron chi connectivity index (χ3n) is 5.64. The number of halogens is 4. The van der Waals surface area contributed by atoms with Crippen molar-refractivity contribution in [2.45, 2.75) is 43.8 Å². The van der Waals surface area contributed by atoms with Crippen LogP contribution in [0.2, 0.25) is 0 Å². The minimum Gasteiger partial charge on any atom is -0.363 e. The van der Waals surface area contributed by atoms with Crippen molar-refractivity contribution in [3.63, 3.8) is 0 Å². The Hall–Kier alpha value is -3.77. The van der Waals surface area contributed by atoms with E-state index in [1.807, 2.05) is 0 Å². The van der Waals surface area contributed by atoms with Gasteiger partial charge in [-0.05, 0) is 12.5 Å². The summed E-state index contributed by atoms with van der Waals surface area (Å²) in [7, 11) is 3.50. The highest BCUT2D eigenvalue weighted by Crippen LogP contribution is 2.55. The summed E-state index contributed by atoms with van der Waals surface area (Å²) in [5.41, 5.74) is 0.450. The second-order valence-electron chi connectivity index (χ2n) is 8.57. The number of hydrogen-bond acceptors (Lipinski definition) is 6. The lowest BCUT2D eigenvalue weighted by Gasteiger charge is -2.16. The average Bonchev–Trinajstić information content (AvgIpc) is 3.15. The molecule has 3 aromatic rings. The van der Waals surface area contributed by atoms with Crippen molar-refractivity contribution in [2.75, 3.05) is 19.0 Å². The topological polar surface area (TPSA) is 97.9 Å². The number of carbonyl (C=O) groups excluding carboxylic acids is 2. The molecule has 0 saturated heterocycles. The molecule has 1 saturated carbocycles. The molecule has 0 bridgehead atoms. The maximum absolute atomic E-state index is 13.8. The molecule has 9 nitrogen and oxygen atoms in total. The van der Waals surface area contributed by atoms with E-state index in [-0.39, 0.29) is 43.0 Å². The Bertz CT molecular complexity index is 1240. The van der Waals surface area contributed by atoms with Gasteiger partial charge in [0.15, 0.2) is 0 Å². The van der Waals surface area contributed by atoms with Crippen molar-refractivity contribution in [3.8, 4) is 0 Å². The van der Waals surface area contributed by atoms with Crippen LogP contribution in [0, 0.1) is 11.6 Å². The number of nitrogens with zero attached hydrogens (tertiary/aromatic N) is 6. The first-order chi connectivity index (χ1) is 16.6. The number of benzene rings is 1. The highest BCUT2D eigenvalue weighted by Gasteiger charge is 2.59. The SMILES string of the molecule is CN(C)c1cc(C2CC2(F)F)nn1CCC(C=O)NC(=O)c1ncn(Cc2ccc(F)cc2F)n1.